The van der Waals surface area contributed by atoms with Gasteiger partial charge in [-0.15, -0.1) is 0 Å². The number of carbonyl (C=O) groups excluding carboxylic acids is 1. The second-order valence-corrected chi connectivity index (χ2v) is 8.26. The molecule has 0 spiro atoms. The van der Waals surface area contributed by atoms with Gasteiger partial charge >= 0.3 is 0 Å². The lowest BCUT2D eigenvalue weighted by Crippen LogP contribution is -2.22. The smallest absolute Gasteiger partial charge is 0.243 e. The normalized spacial score (nSPS) is 11.0. The molecule has 0 bridgehead atoms. The molecule has 0 unspecified atom stereocenters. The summed E-state index contributed by atoms with van der Waals surface area (Å²) in [5.74, 6) is 0.342. The second kappa shape index (κ2) is 8.49. The van der Waals surface area contributed by atoms with Crippen molar-refractivity contribution < 1.29 is 22.7 Å². The van der Waals surface area contributed by atoms with Gasteiger partial charge < -0.3 is 20.1 Å². The quantitative estimate of drug-likeness (QED) is 0.725. The zero-order chi connectivity index (χ0) is 20.2. The third kappa shape index (κ3) is 5.27. The number of amides is 1. The molecule has 0 atom stereocenters. The van der Waals surface area contributed by atoms with Crippen LogP contribution in [-0.2, 0) is 14.6 Å². The maximum absolute atomic E-state index is 12.2. The summed E-state index contributed by atoms with van der Waals surface area (Å²) in [6, 6.07) is 8.13. The van der Waals surface area contributed by atoms with Crippen molar-refractivity contribution in [3.63, 3.8) is 0 Å². The average molecular weight is 413 g/mol. The first-order valence-corrected chi connectivity index (χ1v) is 10.2. The van der Waals surface area contributed by atoms with Crippen LogP contribution in [0.3, 0.4) is 0 Å². The Morgan fingerprint density at radius 3 is 2.41 bits per heavy atom. The Labute approximate surface area is 163 Å². The molecule has 0 aromatic heterocycles. The number of halogens is 1. The number of nitrogens with one attached hydrogen (secondary N) is 2. The molecule has 9 heteroatoms. The van der Waals surface area contributed by atoms with Gasteiger partial charge in [-0.3, -0.25) is 4.79 Å². The molecule has 0 radical (unpaired) electrons. The van der Waals surface area contributed by atoms with Gasteiger partial charge in [0.05, 0.1) is 31.5 Å². The number of rotatable bonds is 7. The number of aryl methyl sites for hydroxylation is 1. The van der Waals surface area contributed by atoms with Gasteiger partial charge in [-0.2, -0.15) is 0 Å². The molecule has 0 fully saturated rings. The molecular formula is C18H21ClN2O5S. The molecule has 2 N–H and O–H groups in total. The first-order valence-electron chi connectivity index (χ1n) is 7.91. The van der Waals surface area contributed by atoms with Crippen molar-refractivity contribution >= 4 is 38.7 Å². The monoisotopic (exact) mass is 412 g/mol. The van der Waals surface area contributed by atoms with Gasteiger partial charge in [0.25, 0.3) is 0 Å². The number of sulfone groups is 1. The van der Waals surface area contributed by atoms with Crippen LogP contribution in [0, 0.1) is 6.92 Å². The van der Waals surface area contributed by atoms with Crippen molar-refractivity contribution in [3.05, 3.63) is 40.9 Å². The summed E-state index contributed by atoms with van der Waals surface area (Å²) in [6.07, 6.45) is 1.11. The van der Waals surface area contributed by atoms with Crippen LogP contribution >= 0.6 is 11.6 Å². The van der Waals surface area contributed by atoms with Gasteiger partial charge in [-0.1, -0.05) is 11.6 Å². The molecule has 146 valence electrons. The lowest BCUT2D eigenvalue weighted by Gasteiger charge is -2.15. The molecule has 2 aromatic carbocycles. The Morgan fingerprint density at radius 1 is 1.15 bits per heavy atom. The molecule has 0 saturated carbocycles. The van der Waals surface area contributed by atoms with E-state index in [9.17, 15) is 13.2 Å². The molecule has 0 aliphatic carbocycles. The average Bonchev–Trinajstić information content (AvgIpc) is 2.59. The standard InChI is InChI=1S/C18H21ClN2O5S/c1-11-7-14(18(26-3)16(8-11)27(4,23)24)20-10-17(22)21-12-5-6-15(25-2)13(19)9-12/h5-9,20H,10H2,1-4H3,(H,21,22). The summed E-state index contributed by atoms with van der Waals surface area (Å²) in [5.41, 5.74) is 1.66. The third-order valence-corrected chi connectivity index (χ3v) is 5.08. The Bertz CT molecular complexity index is 960. The summed E-state index contributed by atoms with van der Waals surface area (Å²) in [6.45, 7) is 1.67. The summed E-state index contributed by atoms with van der Waals surface area (Å²) in [5, 5.41) is 5.99. The zero-order valence-corrected chi connectivity index (χ0v) is 17.0. The van der Waals surface area contributed by atoms with Crippen molar-refractivity contribution in [1.29, 1.82) is 0 Å². The Hall–Kier alpha value is -2.45. The summed E-state index contributed by atoms with van der Waals surface area (Å²) in [4.78, 5) is 12.3. The first kappa shape index (κ1) is 20.9. The predicted molar refractivity (Wildman–Crippen MR) is 106 cm³/mol. The lowest BCUT2D eigenvalue weighted by atomic mass is 10.2. The van der Waals surface area contributed by atoms with Crippen molar-refractivity contribution in [3.8, 4) is 11.5 Å². The third-order valence-electron chi connectivity index (χ3n) is 3.68. The van der Waals surface area contributed by atoms with E-state index in [1.807, 2.05) is 0 Å². The number of methoxy groups -OCH3 is 2. The molecule has 0 aliphatic heterocycles. The minimum atomic E-state index is -3.48. The second-order valence-electron chi connectivity index (χ2n) is 5.87. The van der Waals surface area contributed by atoms with E-state index >= 15 is 0 Å². The fraction of sp³-hybridized carbons (Fsp3) is 0.278. The highest BCUT2D eigenvalue weighted by atomic mass is 35.5. The Kier molecular flexibility index (Phi) is 6.56. The van der Waals surface area contributed by atoms with Crippen molar-refractivity contribution in [2.75, 3.05) is 37.7 Å². The van der Waals surface area contributed by atoms with Gasteiger partial charge in [0, 0.05) is 11.9 Å². The van der Waals surface area contributed by atoms with Crippen LogP contribution in [0.2, 0.25) is 5.02 Å². The molecule has 0 heterocycles. The Balaban J connectivity index is 2.15. The van der Waals surface area contributed by atoms with Crippen molar-refractivity contribution in [1.82, 2.24) is 0 Å². The minimum Gasteiger partial charge on any atom is -0.495 e. The number of anilines is 2. The van der Waals surface area contributed by atoms with Crippen molar-refractivity contribution in [2.24, 2.45) is 0 Å². The number of benzene rings is 2. The van der Waals surface area contributed by atoms with E-state index in [1.165, 1.54) is 20.3 Å². The van der Waals surface area contributed by atoms with E-state index in [0.29, 0.717) is 22.1 Å². The molecule has 2 aromatic rings. The largest absolute Gasteiger partial charge is 0.495 e. The first-order chi connectivity index (χ1) is 12.7. The van der Waals surface area contributed by atoms with E-state index in [-0.39, 0.29) is 23.1 Å². The minimum absolute atomic E-state index is 0.0647. The van der Waals surface area contributed by atoms with E-state index in [2.05, 4.69) is 10.6 Å². The summed E-state index contributed by atoms with van der Waals surface area (Å²) in [7, 11) is -0.599. The van der Waals surface area contributed by atoms with Crippen LogP contribution in [0.4, 0.5) is 11.4 Å². The van der Waals surface area contributed by atoms with Gasteiger partial charge in [0.2, 0.25) is 5.91 Å². The highest BCUT2D eigenvalue weighted by Crippen LogP contribution is 2.33. The number of carbonyl (C=O) groups is 1. The molecule has 27 heavy (non-hydrogen) atoms. The topological polar surface area (TPSA) is 93.7 Å². The van der Waals surface area contributed by atoms with E-state index in [4.69, 9.17) is 21.1 Å². The van der Waals surface area contributed by atoms with E-state index < -0.39 is 9.84 Å². The van der Waals surface area contributed by atoms with Crippen LogP contribution in [-0.4, -0.2) is 41.3 Å². The van der Waals surface area contributed by atoms with Crippen LogP contribution < -0.4 is 20.1 Å². The van der Waals surface area contributed by atoms with Gasteiger partial charge in [-0.25, -0.2) is 8.42 Å². The van der Waals surface area contributed by atoms with Gasteiger partial charge in [-0.05, 0) is 42.8 Å². The predicted octanol–water partition coefficient (Wildman–Crippen LogP) is 3.12. The van der Waals surface area contributed by atoms with Crippen molar-refractivity contribution in [2.45, 2.75) is 11.8 Å². The lowest BCUT2D eigenvalue weighted by molar-refractivity contribution is -0.114. The van der Waals surface area contributed by atoms with Gasteiger partial charge in [0.1, 0.15) is 10.6 Å². The van der Waals surface area contributed by atoms with Crippen LogP contribution in [0.1, 0.15) is 5.56 Å². The van der Waals surface area contributed by atoms with Gasteiger partial charge in [0.15, 0.2) is 15.6 Å². The SMILES string of the molecule is COc1ccc(NC(=O)CNc2cc(C)cc(S(C)(=O)=O)c2OC)cc1Cl. The molecular weight excluding hydrogens is 392 g/mol. The number of ether oxygens (including phenoxy) is 2. The van der Waals surface area contributed by atoms with Crippen LogP contribution in [0.25, 0.3) is 0 Å². The Morgan fingerprint density at radius 2 is 1.85 bits per heavy atom. The van der Waals surface area contributed by atoms with Crippen LogP contribution in [0.15, 0.2) is 35.2 Å². The molecule has 1 amide bonds. The fourth-order valence-corrected chi connectivity index (χ4v) is 3.67. The number of hydrogen-bond donors (Lipinski definition) is 2. The van der Waals surface area contributed by atoms with Crippen LogP contribution in [0.5, 0.6) is 11.5 Å². The highest BCUT2D eigenvalue weighted by Gasteiger charge is 2.19. The highest BCUT2D eigenvalue weighted by molar-refractivity contribution is 7.90. The molecule has 0 aliphatic rings. The van der Waals surface area contributed by atoms with E-state index in [0.717, 1.165) is 11.8 Å². The molecule has 0 saturated heterocycles. The summed E-state index contributed by atoms with van der Waals surface area (Å²) >= 11 is 6.04. The maximum atomic E-state index is 12.2. The zero-order valence-electron chi connectivity index (χ0n) is 15.4. The summed E-state index contributed by atoms with van der Waals surface area (Å²) < 4.78 is 34.3. The van der Waals surface area contributed by atoms with E-state index in [1.54, 1.807) is 31.2 Å². The molecule has 7 nitrogen and oxygen atoms in total. The fourth-order valence-electron chi connectivity index (χ4n) is 2.48. The maximum Gasteiger partial charge on any atom is 0.243 e. The number of hydrogen-bond acceptors (Lipinski definition) is 6. The molecule has 2 rings (SSSR count).